The summed E-state index contributed by atoms with van der Waals surface area (Å²) in [5.74, 6) is 0.492. The largest absolute Gasteiger partial charge is 0.493 e. The Bertz CT molecular complexity index is 656. The van der Waals surface area contributed by atoms with Gasteiger partial charge in [0.25, 0.3) is 10.0 Å². The predicted octanol–water partition coefficient (Wildman–Crippen LogP) is 1.42. The van der Waals surface area contributed by atoms with Gasteiger partial charge in [0.2, 0.25) is 11.0 Å². The molecule has 0 bridgehead atoms. The molecule has 104 valence electrons. The Morgan fingerprint density at radius 2 is 1.79 bits per heavy atom. The van der Waals surface area contributed by atoms with E-state index < -0.39 is 10.0 Å². The summed E-state index contributed by atoms with van der Waals surface area (Å²) in [4.78, 5) is -0.142. The molecule has 0 atom stereocenters. The lowest BCUT2D eigenvalue weighted by molar-refractivity contribution is 0.319. The first kappa shape index (κ1) is 13.8. The highest BCUT2D eigenvalue weighted by molar-refractivity contribution is 7.90. The second-order valence-corrected chi connectivity index (χ2v) is 5.40. The van der Waals surface area contributed by atoms with E-state index in [-0.39, 0.29) is 27.4 Å². The first-order valence-corrected chi connectivity index (χ1v) is 6.87. The number of amidine groups is 1. The van der Waals surface area contributed by atoms with Crippen molar-refractivity contribution < 1.29 is 22.6 Å². The number of hydrogen-bond acceptors (Lipinski definition) is 6. The molecule has 7 nitrogen and oxygen atoms in total. The number of rotatable bonds is 3. The van der Waals surface area contributed by atoms with Crippen LogP contribution in [0.5, 0.6) is 17.2 Å². The molecule has 0 radical (unpaired) electrons. The third-order valence-corrected chi connectivity index (χ3v) is 4.10. The predicted molar refractivity (Wildman–Crippen MR) is 70.2 cm³/mol. The van der Waals surface area contributed by atoms with Crippen molar-refractivity contribution >= 4 is 32.6 Å². The first-order valence-electron chi connectivity index (χ1n) is 5.05. The summed E-state index contributed by atoms with van der Waals surface area (Å²) >= 11 is 5.64. The number of sulfonamides is 1. The van der Waals surface area contributed by atoms with E-state index in [1.807, 2.05) is 0 Å². The van der Waals surface area contributed by atoms with E-state index in [4.69, 9.17) is 25.8 Å². The molecular weight excluding hydrogens is 296 g/mol. The Morgan fingerprint density at radius 3 is 2.32 bits per heavy atom. The Hall–Kier alpha value is -1.67. The second kappa shape index (κ2) is 4.78. The molecule has 0 spiro atoms. The third kappa shape index (κ3) is 2.17. The number of nitrogens with one attached hydrogen (secondary N) is 1. The summed E-state index contributed by atoms with van der Waals surface area (Å²) in [5, 5.41) is 2.39. The lowest BCUT2D eigenvalue weighted by Crippen LogP contribution is -2.18. The van der Waals surface area contributed by atoms with Crippen molar-refractivity contribution in [1.82, 2.24) is 0 Å². The molecular formula is C10H11ClN2O5S. The summed E-state index contributed by atoms with van der Waals surface area (Å²) in [6.45, 7) is 0. The molecule has 0 fully saturated rings. The zero-order valence-electron chi connectivity index (χ0n) is 10.4. The SMILES string of the molecule is COc1cc2c(c(OC)c1OC)S(=O)(=O)N=C(Cl)N2. The number of fused-ring (bicyclic) bond motifs is 1. The molecule has 1 aromatic carbocycles. The number of anilines is 1. The molecule has 0 unspecified atom stereocenters. The van der Waals surface area contributed by atoms with Gasteiger partial charge in [-0.15, -0.1) is 4.40 Å². The van der Waals surface area contributed by atoms with Gasteiger partial charge in [-0.05, 0) is 11.6 Å². The fourth-order valence-corrected chi connectivity index (χ4v) is 3.28. The first-order chi connectivity index (χ1) is 8.94. The normalized spacial score (nSPS) is 15.9. The number of halogens is 1. The van der Waals surface area contributed by atoms with Crippen LogP contribution in [0.25, 0.3) is 0 Å². The topological polar surface area (TPSA) is 86.2 Å². The highest BCUT2D eigenvalue weighted by atomic mass is 35.5. The van der Waals surface area contributed by atoms with Crippen molar-refractivity contribution in [3.05, 3.63) is 6.07 Å². The lowest BCUT2D eigenvalue weighted by atomic mass is 10.2. The molecule has 0 aliphatic carbocycles. The fourth-order valence-electron chi connectivity index (χ4n) is 1.76. The van der Waals surface area contributed by atoms with Gasteiger partial charge in [-0.25, -0.2) is 0 Å². The highest BCUT2D eigenvalue weighted by Gasteiger charge is 2.33. The van der Waals surface area contributed by atoms with Crippen LogP contribution in [0.2, 0.25) is 0 Å². The Morgan fingerprint density at radius 1 is 1.16 bits per heavy atom. The molecule has 0 saturated carbocycles. The number of ether oxygens (including phenoxy) is 3. The number of methoxy groups -OCH3 is 3. The van der Waals surface area contributed by atoms with Gasteiger partial charge >= 0.3 is 0 Å². The van der Waals surface area contributed by atoms with Crippen molar-refractivity contribution in [2.75, 3.05) is 26.6 Å². The maximum absolute atomic E-state index is 12.0. The maximum Gasteiger partial charge on any atom is 0.291 e. The van der Waals surface area contributed by atoms with E-state index in [0.29, 0.717) is 5.75 Å². The smallest absolute Gasteiger partial charge is 0.291 e. The van der Waals surface area contributed by atoms with Gasteiger partial charge in [0.15, 0.2) is 16.4 Å². The van der Waals surface area contributed by atoms with E-state index in [0.717, 1.165) is 0 Å². The van der Waals surface area contributed by atoms with Crippen LogP contribution in [0, 0.1) is 0 Å². The fraction of sp³-hybridized carbons (Fsp3) is 0.300. The van der Waals surface area contributed by atoms with E-state index in [9.17, 15) is 8.42 Å². The molecule has 19 heavy (non-hydrogen) atoms. The molecule has 1 N–H and O–H groups in total. The molecule has 9 heteroatoms. The standard InChI is InChI=1S/C10H11ClN2O5S/c1-16-6-4-5-9(8(18-3)7(6)17-2)19(14,15)13-10(11)12-5/h4H,1-3H3,(H,12,13). The minimum absolute atomic E-state index is 0.0114. The van der Waals surface area contributed by atoms with Crippen LogP contribution >= 0.6 is 11.6 Å². The van der Waals surface area contributed by atoms with Crippen LogP contribution in [-0.4, -0.2) is 35.0 Å². The molecule has 1 aliphatic rings. The summed E-state index contributed by atoms with van der Waals surface area (Å²) in [6.07, 6.45) is 0. The number of benzene rings is 1. The molecule has 1 aliphatic heterocycles. The average molecular weight is 307 g/mol. The lowest BCUT2D eigenvalue weighted by Gasteiger charge is -2.21. The van der Waals surface area contributed by atoms with Crippen molar-refractivity contribution in [2.24, 2.45) is 4.40 Å². The summed E-state index contributed by atoms with van der Waals surface area (Å²) in [7, 11) is 0.176. The average Bonchev–Trinajstić information content (AvgIpc) is 2.34. The van der Waals surface area contributed by atoms with E-state index in [1.54, 1.807) is 0 Å². The summed E-state index contributed by atoms with van der Waals surface area (Å²) in [6, 6.07) is 1.45. The minimum atomic E-state index is -3.96. The van der Waals surface area contributed by atoms with E-state index >= 15 is 0 Å². The molecule has 1 heterocycles. The van der Waals surface area contributed by atoms with Crippen LogP contribution < -0.4 is 19.5 Å². The van der Waals surface area contributed by atoms with Gasteiger partial charge < -0.3 is 19.5 Å². The highest BCUT2D eigenvalue weighted by Crippen LogP contribution is 2.48. The molecule has 0 aromatic heterocycles. The van der Waals surface area contributed by atoms with Crippen LogP contribution in [0.1, 0.15) is 0 Å². The third-order valence-electron chi connectivity index (χ3n) is 2.48. The Kier molecular flexibility index (Phi) is 3.46. The van der Waals surface area contributed by atoms with Crippen molar-refractivity contribution in [3.63, 3.8) is 0 Å². The number of hydrogen-bond donors (Lipinski definition) is 1. The Labute approximate surface area is 115 Å². The quantitative estimate of drug-likeness (QED) is 0.850. The van der Waals surface area contributed by atoms with Gasteiger partial charge in [0.05, 0.1) is 27.0 Å². The van der Waals surface area contributed by atoms with Crippen LogP contribution in [0.3, 0.4) is 0 Å². The van der Waals surface area contributed by atoms with Gasteiger partial charge in [0, 0.05) is 6.07 Å². The van der Waals surface area contributed by atoms with Crippen molar-refractivity contribution in [3.8, 4) is 17.2 Å². The zero-order chi connectivity index (χ0) is 14.2. The molecule has 1 aromatic rings. The van der Waals surface area contributed by atoms with Gasteiger partial charge in [-0.3, -0.25) is 0 Å². The molecule has 2 rings (SSSR count). The summed E-state index contributed by atoms with van der Waals surface area (Å²) < 4.78 is 42.8. The monoisotopic (exact) mass is 306 g/mol. The Balaban J connectivity index is 2.84. The van der Waals surface area contributed by atoms with Gasteiger partial charge in [0.1, 0.15) is 0 Å². The van der Waals surface area contributed by atoms with Crippen molar-refractivity contribution in [2.45, 2.75) is 4.90 Å². The van der Waals surface area contributed by atoms with Crippen LogP contribution in [0.4, 0.5) is 5.69 Å². The number of nitrogens with zero attached hydrogens (tertiary/aromatic N) is 1. The second-order valence-electron chi connectivity index (χ2n) is 3.50. The van der Waals surface area contributed by atoms with Crippen molar-refractivity contribution in [1.29, 1.82) is 0 Å². The van der Waals surface area contributed by atoms with E-state index in [2.05, 4.69) is 9.71 Å². The van der Waals surface area contributed by atoms with Gasteiger partial charge in [-0.1, -0.05) is 0 Å². The zero-order valence-corrected chi connectivity index (χ0v) is 11.9. The minimum Gasteiger partial charge on any atom is -0.493 e. The van der Waals surface area contributed by atoms with E-state index in [1.165, 1.54) is 27.4 Å². The van der Waals surface area contributed by atoms with Gasteiger partial charge in [-0.2, -0.15) is 8.42 Å². The van der Waals surface area contributed by atoms with Crippen LogP contribution in [-0.2, 0) is 10.0 Å². The molecule has 0 saturated heterocycles. The molecule has 0 amide bonds. The van der Waals surface area contributed by atoms with Crippen LogP contribution in [0.15, 0.2) is 15.4 Å². The maximum atomic E-state index is 12.0. The summed E-state index contributed by atoms with van der Waals surface area (Å²) in [5.41, 5.74) is 0.217.